The van der Waals surface area contributed by atoms with Crippen molar-refractivity contribution in [1.82, 2.24) is 4.90 Å². The zero-order valence-electron chi connectivity index (χ0n) is 19.3. The number of ether oxygens (including phenoxy) is 2. The first kappa shape index (κ1) is 20.5. The van der Waals surface area contributed by atoms with E-state index in [1.54, 1.807) is 13.2 Å². The van der Waals surface area contributed by atoms with Crippen molar-refractivity contribution in [2.45, 2.75) is 55.3 Å². The molecule has 3 fully saturated rings. The number of aliphatic hydroxyl groups is 1. The van der Waals surface area contributed by atoms with Crippen LogP contribution in [0.5, 0.6) is 17.2 Å². The largest absolute Gasteiger partial charge is 0.504 e. The number of rotatable bonds is 4. The molecule has 0 radical (unpaired) electrons. The van der Waals surface area contributed by atoms with Crippen molar-refractivity contribution in [1.29, 1.82) is 0 Å². The number of likely N-dealkylation sites (tertiary alicyclic amines) is 1. The minimum Gasteiger partial charge on any atom is -0.504 e. The number of carbonyl (C=O) groups excluding carboxylic acids is 1. The Balaban J connectivity index is 1.41. The molecule has 176 valence electrons. The zero-order chi connectivity index (χ0) is 23.2. The quantitative estimate of drug-likeness (QED) is 0.684. The van der Waals surface area contributed by atoms with E-state index in [1.807, 2.05) is 36.4 Å². The topological polar surface area (TPSA) is 79.2 Å². The fourth-order valence-electron chi connectivity index (χ4n) is 7.28. The Kier molecular flexibility index (Phi) is 4.14. The summed E-state index contributed by atoms with van der Waals surface area (Å²) in [5, 5.41) is 23.3. The van der Waals surface area contributed by atoms with Gasteiger partial charge >= 0.3 is 0 Å². The summed E-state index contributed by atoms with van der Waals surface area (Å²) in [6.07, 6.45) is 5.14. The zero-order valence-corrected chi connectivity index (χ0v) is 19.3. The Morgan fingerprint density at radius 3 is 2.85 bits per heavy atom. The summed E-state index contributed by atoms with van der Waals surface area (Å²) in [4.78, 5) is 16.4. The van der Waals surface area contributed by atoms with Crippen molar-refractivity contribution in [2.24, 2.45) is 5.92 Å². The molecule has 3 aliphatic carbocycles. The van der Waals surface area contributed by atoms with E-state index >= 15 is 0 Å². The first-order valence-electron chi connectivity index (χ1n) is 12.3. The van der Waals surface area contributed by atoms with Crippen LogP contribution in [-0.4, -0.2) is 58.8 Å². The Bertz CT molecular complexity index is 1250. The van der Waals surface area contributed by atoms with E-state index in [-0.39, 0.29) is 24.0 Å². The number of nitrogens with zero attached hydrogens (tertiary/aromatic N) is 1. The summed E-state index contributed by atoms with van der Waals surface area (Å²) in [7, 11) is 1.62. The van der Waals surface area contributed by atoms with Gasteiger partial charge in [-0.15, -0.1) is 0 Å². The van der Waals surface area contributed by atoms with E-state index in [0.717, 1.165) is 29.8 Å². The lowest BCUT2D eigenvalue weighted by Gasteiger charge is -2.62. The highest BCUT2D eigenvalue weighted by atomic mass is 16.5. The predicted octanol–water partition coefficient (Wildman–Crippen LogP) is 3.23. The standard InChI is InChI=1S/C28H29NO5/c1-33-21-5-3-2-4-17(21)12-19-14-28(32)22-13-18-8-9-20(30)25-23(18)27(28,26(34-25)24(19)31)10-11-29(22)15-16-6-7-16/h2-5,8-9,12,16,22,26,30,32H,6-7,10-11,13-15H2,1H3/b19-12-/t22?,26-,27?,28+/m0/s1. The van der Waals surface area contributed by atoms with E-state index < -0.39 is 17.1 Å². The Hall–Kier alpha value is -2.83. The third-order valence-corrected chi connectivity index (χ3v) is 9.00. The van der Waals surface area contributed by atoms with Gasteiger partial charge in [0, 0.05) is 35.7 Å². The molecule has 2 bridgehead atoms. The molecule has 2 N–H and O–H groups in total. The maximum Gasteiger partial charge on any atom is 0.200 e. The van der Waals surface area contributed by atoms with Crippen molar-refractivity contribution < 1.29 is 24.5 Å². The lowest BCUT2D eigenvalue weighted by Crippen LogP contribution is -2.77. The fraction of sp³-hybridized carbons (Fsp3) is 0.464. The number of aromatic hydroxyl groups is 1. The van der Waals surface area contributed by atoms with Gasteiger partial charge in [0.1, 0.15) is 5.75 Å². The van der Waals surface area contributed by atoms with Crippen LogP contribution in [-0.2, 0) is 16.6 Å². The van der Waals surface area contributed by atoms with Gasteiger partial charge in [0.15, 0.2) is 23.4 Å². The van der Waals surface area contributed by atoms with Crippen LogP contribution in [0.4, 0.5) is 0 Å². The minimum atomic E-state index is -1.15. The predicted molar refractivity (Wildman–Crippen MR) is 126 cm³/mol. The SMILES string of the molecule is COc1ccccc1/C=C1/C[C@@]2(O)C3Cc4ccc(O)c5c4C2(CCN3CC2CC2)[C@@H](O5)C1=O. The number of ketones is 1. The maximum atomic E-state index is 13.9. The number of para-hydroxylation sites is 1. The molecule has 0 amide bonds. The number of Topliss-reactive ketones (excluding diaryl/α,β-unsaturated/α-hetero) is 1. The maximum absolute atomic E-state index is 13.9. The normalized spacial score (nSPS) is 34.6. The van der Waals surface area contributed by atoms with E-state index in [4.69, 9.17) is 9.47 Å². The summed E-state index contributed by atoms with van der Waals surface area (Å²) in [6, 6.07) is 11.1. The van der Waals surface area contributed by atoms with Crippen LogP contribution >= 0.6 is 0 Å². The van der Waals surface area contributed by atoms with Crippen molar-refractivity contribution in [3.05, 3.63) is 58.7 Å². The highest BCUT2D eigenvalue weighted by Gasteiger charge is 2.74. The molecule has 1 spiro atoms. The highest BCUT2D eigenvalue weighted by Crippen LogP contribution is 2.65. The molecular formula is C28H29NO5. The molecule has 6 heteroatoms. The molecule has 34 heavy (non-hydrogen) atoms. The van der Waals surface area contributed by atoms with Crippen molar-refractivity contribution in [3.8, 4) is 17.2 Å². The van der Waals surface area contributed by atoms with Crippen LogP contribution in [0.1, 0.15) is 42.4 Å². The first-order chi connectivity index (χ1) is 16.5. The molecule has 2 unspecified atom stereocenters. The average Bonchev–Trinajstić information content (AvgIpc) is 3.57. The van der Waals surface area contributed by atoms with Gasteiger partial charge < -0.3 is 19.7 Å². The third kappa shape index (κ3) is 2.50. The molecule has 2 aliphatic heterocycles. The van der Waals surface area contributed by atoms with Gasteiger partial charge in [0.2, 0.25) is 0 Å². The van der Waals surface area contributed by atoms with Gasteiger partial charge in [-0.25, -0.2) is 0 Å². The number of phenolic OH excluding ortho intramolecular Hbond substituents is 1. The number of piperidine rings is 1. The van der Waals surface area contributed by atoms with Crippen LogP contribution in [0.3, 0.4) is 0 Å². The first-order valence-corrected chi connectivity index (χ1v) is 12.3. The molecule has 2 heterocycles. The Morgan fingerprint density at radius 1 is 1.24 bits per heavy atom. The van der Waals surface area contributed by atoms with Crippen LogP contribution in [0, 0.1) is 5.92 Å². The molecule has 1 saturated heterocycles. The molecule has 4 atom stereocenters. The van der Waals surface area contributed by atoms with Crippen LogP contribution in [0.25, 0.3) is 6.08 Å². The summed E-state index contributed by atoms with van der Waals surface area (Å²) < 4.78 is 11.8. The van der Waals surface area contributed by atoms with E-state index in [0.29, 0.717) is 35.8 Å². The molecule has 2 saturated carbocycles. The van der Waals surface area contributed by atoms with Gasteiger partial charge in [-0.05, 0) is 61.9 Å². The van der Waals surface area contributed by atoms with Gasteiger partial charge in [-0.3, -0.25) is 9.69 Å². The smallest absolute Gasteiger partial charge is 0.200 e. The van der Waals surface area contributed by atoms with Crippen molar-refractivity contribution in [2.75, 3.05) is 20.2 Å². The second kappa shape index (κ2) is 6.86. The molecule has 0 aromatic heterocycles. The second-order valence-corrected chi connectivity index (χ2v) is 10.7. The third-order valence-electron chi connectivity index (χ3n) is 9.00. The monoisotopic (exact) mass is 459 g/mol. The summed E-state index contributed by atoms with van der Waals surface area (Å²) in [5.74, 6) is 1.73. The number of methoxy groups -OCH3 is 1. The number of carbonyl (C=O) groups is 1. The highest BCUT2D eigenvalue weighted by molar-refractivity contribution is 6.06. The van der Waals surface area contributed by atoms with E-state index in [9.17, 15) is 15.0 Å². The minimum absolute atomic E-state index is 0.0480. The lowest BCUT2D eigenvalue weighted by molar-refractivity contribution is -0.179. The number of phenols is 1. The van der Waals surface area contributed by atoms with Gasteiger partial charge in [-0.2, -0.15) is 0 Å². The summed E-state index contributed by atoms with van der Waals surface area (Å²) in [6.45, 7) is 1.82. The van der Waals surface area contributed by atoms with Crippen molar-refractivity contribution in [3.63, 3.8) is 0 Å². The lowest BCUT2D eigenvalue weighted by atomic mass is 9.48. The molecular weight excluding hydrogens is 430 g/mol. The van der Waals surface area contributed by atoms with Crippen LogP contribution < -0.4 is 9.47 Å². The number of hydrogen-bond donors (Lipinski definition) is 2. The Morgan fingerprint density at radius 2 is 2.06 bits per heavy atom. The Labute approximate surface area is 198 Å². The number of benzene rings is 2. The molecule has 2 aromatic rings. The van der Waals surface area contributed by atoms with E-state index in [1.165, 1.54) is 12.8 Å². The molecule has 2 aromatic carbocycles. The van der Waals surface area contributed by atoms with Crippen LogP contribution in [0.2, 0.25) is 0 Å². The van der Waals surface area contributed by atoms with Gasteiger partial charge in [0.25, 0.3) is 0 Å². The average molecular weight is 460 g/mol. The molecule has 6 nitrogen and oxygen atoms in total. The van der Waals surface area contributed by atoms with Gasteiger partial charge in [-0.1, -0.05) is 24.3 Å². The van der Waals surface area contributed by atoms with Crippen molar-refractivity contribution >= 4 is 11.9 Å². The number of hydrogen-bond acceptors (Lipinski definition) is 6. The fourth-order valence-corrected chi connectivity index (χ4v) is 7.28. The van der Waals surface area contributed by atoms with Gasteiger partial charge in [0.05, 0.1) is 18.1 Å². The summed E-state index contributed by atoms with van der Waals surface area (Å²) in [5.41, 5.74) is 1.35. The van der Waals surface area contributed by atoms with E-state index in [2.05, 4.69) is 4.90 Å². The second-order valence-electron chi connectivity index (χ2n) is 10.7. The van der Waals surface area contributed by atoms with Crippen LogP contribution in [0.15, 0.2) is 42.0 Å². The molecule has 5 aliphatic rings. The summed E-state index contributed by atoms with van der Waals surface area (Å²) >= 11 is 0. The molecule has 7 rings (SSSR count).